The molecule has 29 heavy (non-hydrogen) atoms. The van der Waals surface area contributed by atoms with Crippen molar-refractivity contribution in [1.29, 1.82) is 0 Å². The highest BCUT2D eigenvalue weighted by Crippen LogP contribution is 2.29. The lowest BCUT2D eigenvalue weighted by Gasteiger charge is -2.18. The molecule has 0 aromatic heterocycles. The van der Waals surface area contributed by atoms with Crippen LogP contribution in [0.3, 0.4) is 0 Å². The van der Waals surface area contributed by atoms with Crippen molar-refractivity contribution in [3.05, 3.63) is 95.0 Å². The van der Waals surface area contributed by atoms with Crippen molar-refractivity contribution in [2.24, 2.45) is 5.73 Å². The summed E-state index contributed by atoms with van der Waals surface area (Å²) in [5, 5.41) is 2.88. The number of primary amides is 1. The first kappa shape index (κ1) is 20.3. The fraction of sp³-hybridized carbons (Fsp3) is 0.0870. The Labute approximate surface area is 173 Å². The van der Waals surface area contributed by atoms with E-state index in [2.05, 4.69) is 5.32 Å². The molecule has 1 unspecified atom stereocenters. The normalized spacial score (nSPS) is 11.5. The Morgan fingerprint density at radius 3 is 2.10 bits per heavy atom. The van der Waals surface area contributed by atoms with E-state index in [1.165, 1.54) is 0 Å². The number of hydrogen-bond donors (Lipinski definition) is 2. The van der Waals surface area contributed by atoms with E-state index in [9.17, 15) is 14.4 Å². The van der Waals surface area contributed by atoms with Crippen LogP contribution >= 0.6 is 11.6 Å². The summed E-state index contributed by atoms with van der Waals surface area (Å²) in [5.41, 5.74) is 7.64. The van der Waals surface area contributed by atoms with Gasteiger partial charge in [-0.1, -0.05) is 84.4 Å². The molecule has 0 aliphatic carbocycles. The number of hydrogen-bond acceptors (Lipinski definition) is 3. The molecule has 5 nitrogen and oxygen atoms in total. The van der Waals surface area contributed by atoms with Crippen LogP contribution in [0.4, 0.5) is 0 Å². The second kappa shape index (κ2) is 9.17. The van der Waals surface area contributed by atoms with Gasteiger partial charge in [0.05, 0.1) is 10.6 Å². The SMILES string of the molecule is NC(=O)C(=O)C(Cc1ccccc1)NC(=O)c1c(Cl)cccc1-c1ccccc1. The van der Waals surface area contributed by atoms with E-state index in [1.807, 2.05) is 48.5 Å². The quantitative estimate of drug-likeness (QED) is 0.589. The van der Waals surface area contributed by atoms with Crippen molar-refractivity contribution in [2.45, 2.75) is 12.5 Å². The van der Waals surface area contributed by atoms with Gasteiger partial charge in [-0.05, 0) is 22.8 Å². The maximum Gasteiger partial charge on any atom is 0.287 e. The van der Waals surface area contributed by atoms with Crippen LogP contribution in [0.5, 0.6) is 0 Å². The van der Waals surface area contributed by atoms with Crippen LogP contribution in [-0.4, -0.2) is 23.6 Å². The Kier molecular flexibility index (Phi) is 6.42. The average molecular weight is 407 g/mol. The van der Waals surface area contributed by atoms with E-state index in [-0.39, 0.29) is 17.0 Å². The number of amides is 2. The molecule has 0 spiro atoms. The minimum absolute atomic E-state index is 0.138. The van der Waals surface area contributed by atoms with Crippen molar-refractivity contribution in [1.82, 2.24) is 5.32 Å². The van der Waals surface area contributed by atoms with Gasteiger partial charge in [0.2, 0.25) is 5.78 Å². The zero-order valence-electron chi connectivity index (χ0n) is 15.5. The monoisotopic (exact) mass is 406 g/mol. The smallest absolute Gasteiger partial charge is 0.287 e. The summed E-state index contributed by atoms with van der Waals surface area (Å²) in [6, 6.07) is 22.4. The van der Waals surface area contributed by atoms with Crippen molar-refractivity contribution in [3.8, 4) is 11.1 Å². The molecule has 3 N–H and O–H groups in total. The van der Waals surface area contributed by atoms with Gasteiger partial charge in [-0.15, -0.1) is 0 Å². The van der Waals surface area contributed by atoms with Crippen LogP contribution in [0.25, 0.3) is 11.1 Å². The van der Waals surface area contributed by atoms with E-state index in [1.54, 1.807) is 30.3 Å². The highest BCUT2D eigenvalue weighted by molar-refractivity contribution is 6.38. The second-order valence-corrected chi connectivity index (χ2v) is 6.88. The van der Waals surface area contributed by atoms with Crippen molar-refractivity contribution in [3.63, 3.8) is 0 Å². The molecule has 0 aliphatic heterocycles. The molecule has 2 amide bonds. The van der Waals surface area contributed by atoms with Gasteiger partial charge in [-0.3, -0.25) is 14.4 Å². The predicted octanol–water partition coefficient (Wildman–Crippen LogP) is 3.40. The van der Waals surface area contributed by atoms with Crippen LogP contribution < -0.4 is 11.1 Å². The molecule has 0 radical (unpaired) electrons. The first-order chi connectivity index (χ1) is 14.0. The molecule has 146 valence electrons. The number of carbonyl (C=O) groups excluding carboxylic acids is 3. The molecule has 3 aromatic carbocycles. The summed E-state index contributed by atoms with van der Waals surface area (Å²) in [6.45, 7) is 0. The Hall–Kier alpha value is -3.44. The first-order valence-corrected chi connectivity index (χ1v) is 9.37. The van der Waals surface area contributed by atoms with Crippen LogP contribution in [0.15, 0.2) is 78.9 Å². The lowest BCUT2D eigenvalue weighted by Crippen LogP contribution is -2.47. The Morgan fingerprint density at radius 1 is 0.862 bits per heavy atom. The average Bonchev–Trinajstić information content (AvgIpc) is 2.73. The summed E-state index contributed by atoms with van der Waals surface area (Å²) >= 11 is 6.32. The standard InChI is InChI=1S/C23H19ClN2O3/c24-18-13-7-12-17(16-10-5-2-6-11-16)20(18)23(29)26-19(21(27)22(25)28)14-15-8-3-1-4-9-15/h1-13,19H,14H2,(H2,25,28)(H,26,29). The molecule has 0 heterocycles. The summed E-state index contributed by atoms with van der Waals surface area (Å²) in [5.74, 6) is -2.52. The van der Waals surface area contributed by atoms with Gasteiger partial charge in [0, 0.05) is 6.42 Å². The number of benzene rings is 3. The van der Waals surface area contributed by atoms with Gasteiger partial charge in [-0.2, -0.15) is 0 Å². The third kappa shape index (κ3) is 4.89. The first-order valence-electron chi connectivity index (χ1n) is 8.99. The molecule has 0 saturated carbocycles. The molecular weight excluding hydrogens is 388 g/mol. The van der Waals surface area contributed by atoms with E-state index < -0.39 is 23.6 Å². The summed E-state index contributed by atoms with van der Waals surface area (Å²) in [7, 11) is 0. The number of ketones is 1. The largest absolute Gasteiger partial charge is 0.363 e. The predicted molar refractivity (Wildman–Crippen MR) is 112 cm³/mol. The van der Waals surface area contributed by atoms with Crippen LogP contribution in [-0.2, 0) is 16.0 Å². The minimum Gasteiger partial charge on any atom is -0.363 e. The molecular formula is C23H19ClN2O3. The summed E-state index contributed by atoms with van der Waals surface area (Å²) in [6.07, 6.45) is 0.138. The van der Waals surface area contributed by atoms with E-state index >= 15 is 0 Å². The fourth-order valence-electron chi connectivity index (χ4n) is 3.07. The number of Topliss-reactive ketones (excluding diaryl/α,β-unsaturated/α-hetero) is 1. The number of carbonyl (C=O) groups is 3. The molecule has 0 bridgehead atoms. The summed E-state index contributed by atoms with van der Waals surface area (Å²) in [4.78, 5) is 36.9. The Bertz CT molecular complexity index is 1040. The molecule has 6 heteroatoms. The van der Waals surface area contributed by atoms with Crippen LogP contribution in [0.2, 0.25) is 5.02 Å². The molecule has 0 saturated heterocycles. The zero-order valence-corrected chi connectivity index (χ0v) is 16.2. The fourth-order valence-corrected chi connectivity index (χ4v) is 3.33. The van der Waals surface area contributed by atoms with E-state index in [0.29, 0.717) is 5.56 Å². The highest BCUT2D eigenvalue weighted by Gasteiger charge is 2.27. The number of nitrogens with two attached hydrogens (primary N) is 1. The van der Waals surface area contributed by atoms with Crippen molar-refractivity contribution in [2.75, 3.05) is 0 Å². The van der Waals surface area contributed by atoms with Crippen LogP contribution in [0, 0.1) is 0 Å². The topological polar surface area (TPSA) is 89.3 Å². The lowest BCUT2D eigenvalue weighted by molar-refractivity contribution is -0.137. The molecule has 3 aromatic rings. The lowest BCUT2D eigenvalue weighted by atomic mass is 9.97. The molecule has 1 atom stereocenters. The second-order valence-electron chi connectivity index (χ2n) is 6.47. The van der Waals surface area contributed by atoms with Gasteiger partial charge < -0.3 is 11.1 Å². The maximum absolute atomic E-state index is 13.1. The van der Waals surface area contributed by atoms with Gasteiger partial charge in [0.15, 0.2) is 0 Å². The number of nitrogens with one attached hydrogen (secondary N) is 1. The highest BCUT2D eigenvalue weighted by atomic mass is 35.5. The number of halogens is 1. The third-order valence-electron chi connectivity index (χ3n) is 4.47. The Morgan fingerprint density at radius 2 is 1.48 bits per heavy atom. The number of rotatable bonds is 7. The van der Waals surface area contributed by atoms with Gasteiger partial charge in [-0.25, -0.2) is 0 Å². The van der Waals surface area contributed by atoms with Crippen molar-refractivity contribution >= 4 is 29.2 Å². The van der Waals surface area contributed by atoms with E-state index in [0.717, 1.165) is 11.1 Å². The summed E-state index contributed by atoms with van der Waals surface area (Å²) < 4.78 is 0. The Balaban J connectivity index is 1.94. The minimum atomic E-state index is -1.10. The van der Waals surface area contributed by atoms with Gasteiger partial charge in [0.1, 0.15) is 6.04 Å². The van der Waals surface area contributed by atoms with Crippen molar-refractivity contribution < 1.29 is 14.4 Å². The molecule has 0 fully saturated rings. The third-order valence-corrected chi connectivity index (χ3v) is 4.79. The molecule has 3 rings (SSSR count). The van der Waals surface area contributed by atoms with Crippen LogP contribution in [0.1, 0.15) is 15.9 Å². The maximum atomic E-state index is 13.1. The zero-order chi connectivity index (χ0) is 20.8. The molecule has 0 aliphatic rings. The van der Waals surface area contributed by atoms with E-state index in [4.69, 9.17) is 17.3 Å². The van der Waals surface area contributed by atoms with Gasteiger partial charge in [0.25, 0.3) is 11.8 Å². The van der Waals surface area contributed by atoms with Gasteiger partial charge >= 0.3 is 0 Å².